The Labute approximate surface area is 120 Å². The highest BCUT2D eigenvalue weighted by molar-refractivity contribution is 14.1. The third-order valence-electron chi connectivity index (χ3n) is 2.63. The van der Waals surface area contributed by atoms with Gasteiger partial charge in [0.25, 0.3) is 0 Å². The molecule has 4 nitrogen and oxygen atoms in total. The molecule has 0 bridgehead atoms. The van der Waals surface area contributed by atoms with E-state index < -0.39 is 11.4 Å². The predicted molar refractivity (Wildman–Crippen MR) is 77.4 cm³/mol. The second-order valence-corrected chi connectivity index (χ2v) is 8.81. The molecule has 0 saturated carbocycles. The van der Waals surface area contributed by atoms with Crippen LogP contribution in [0.1, 0.15) is 40.5 Å². The molecule has 1 fully saturated rings. The zero-order chi connectivity index (χ0) is 13.2. The van der Waals surface area contributed by atoms with E-state index in [9.17, 15) is 9.35 Å². The van der Waals surface area contributed by atoms with E-state index in [1.807, 2.05) is 27.7 Å². The molecular weight excluding hydrogens is 353 g/mol. The molecule has 1 N–H and O–H groups in total. The Morgan fingerprint density at radius 2 is 2.12 bits per heavy atom. The molecule has 0 aromatic heterocycles. The highest BCUT2D eigenvalue weighted by Crippen LogP contribution is 2.24. The molecule has 1 aliphatic heterocycles. The lowest BCUT2D eigenvalue weighted by molar-refractivity contribution is -0.153. The molecule has 6 heteroatoms. The van der Waals surface area contributed by atoms with Crippen LogP contribution in [0.4, 0.5) is 0 Å². The summed E-state index contributed by atoms with van der Waals surface area (Å²) in [5.41, 5.74) is 0. The average molecular weight is 373 g/mol. The van der Waals surface area contributed by atoms with Gasteiger partial charge in [0.05, 0.1) is 6.04 Å². The van der Waals surface area contributed by atoms with Crippen LogP contribution in [0.2, 0.25) is 0 Å². The van der Waals surface area contributed by atoms with Crippen LogP contribution in [0.15, 0.2) is 0 Å². The summed E-state index contributed by atoms with van der Waals surface area (Å²) in [4.78, 5) is 11.5. The maximum absolute atomic E-state index is 11.9. The lowest BCUT2D eigenvalue weighted by Crippen LogP contribution is -2.50. The third kappa shape index (κ3) is 4.57. The fraction of sp³-hybridized carbons (Fsp3) is 0.909. The number of hydrogen-bond acceptors (Lipinski definition) is 4. The Kier molecular flexibility index (Phi) is 5.55. The summed E-state index contributed by atoms with van der Waals surface area (Å²) in [5.74, 6) is -0.156. The van der Waals surface area contributed by atoms with Crippen molar-refractivity contribution in [1.82, 2.24) is 4.72 Å². The first kappa shape index (κ1) is 15.5. The highest BCUT2D eigenvalue weighted by atomic mass is 127. The van der Waals surface area contributed by atoms with E-state index in [0.29, 0.717) is 0 Å². The van der Waals surface area contributed by atoms with E-state index in [0.717, 1.165) is 12.8 Å². The molecule has 0 spiro atoms. The summed E-state index contributed by atoms with van der Waals surface area (Å²) >= 11 is 0.967. The maximum Gasteiger partial charge on any atom is 0.319 e. The van der Waals surface area contributed by atoms with Gasteiger partial charge < -0.3 is 9.29 Å². The molecule has 1 rings (SSSR count). The van der Waals surface area contributed by atoms with Crippen LogP contribution >= 0.6 is 22.6 Å². The first-order chi connectivity index (χ1) is 7.71. The van der Waals surface area contributed by atoms with Crippen LogP contribution in [-0.4, -0.2) is 31.3 Å². The number of esters is 1. The second kappa shape index (κ2) is 6.08. The Morgan fingerprint density at radius 3 is 2.59 bits per heavy atom. The summed E-state index contributed by atoms with van der Waals surface area (Å²) in [7, 11) is 0. The molecule has 1 unspecified atom stereocenters. The van der Waals surface area contributed by atoms with Crippen molar-refractivity contribution in [2.24, 2.45) is 0 Å². The summed E-state index contributed by atoms with van der Waals surface area (Å²) < 4.78 is 19.9. The SMILES string of the molecule is C[C@@H](N[S@+]([O-])C(C)(C)C)[C@@H]1CCC(I)C(=O)O1. The van der Waals surface area contributed by atoms with Gasteiger partial charge in [0.15, 0.2) is 0 Å². The van der Waals surface area contributed by atoms with Gasteiger partial charge >= 0.3 is 5.97 Å². The second-order valence-electron chi connectivity index (χ2n) is 5.31. The van der Waals surface area contributed by atoms with Gasteiger partial charge in [-0.05, 0) is 40.5 Å². The molecule has 1 aliphatic rings. The lowest BCUT2D eigenvalue weighted by Gasteiger charge is -2.32. The van der Waals surface area contributed by atoms with Gasteiger partial charge in [0.2, 0.25) is 0 Å². The molecule has 1 heterocycles. The number of nitrogens with one attached hydrogen (secondary N) is 1. The first-order valence-electron chi connectivity index (χ1n) is 5.74. The van der Waals surface area contributed by atoms with E-state index >= 15 is 0 Å². The molecule has 1 saturated heterocycles. The van der Waals surface area contributed by atoms with Crippen molar-refractivity contribution in [3.05, 3.63) is 0 Å². The maximum atomic E-state index is 11.9. The van der Waals surface area contributed by atoms with Crippen LogP contribution in [0.25, 0.3) is 0 Å². The number of alkyl halides is 1. The zero-order valence-corrected chi connectivity index (χ0v) is 13.6. The minimum Gasteiger partial charge on any atom is -0.598 e. The van der Waals surface area contributed by atoms with E-state index in [-0.39, 0.29) is 26.8 Å². The van der Waals surface area contributed by atoms with Gasteiger partial charge in [-0.3, -0.25) is 4.79 Å². The van der Waals surface area contributed by atoms with E-state index in [1.165, 1.54) is 0 Å². The van der Waals surface area contributed by atoms with E-state index in [2.05, 4.69) is 27.3 Å². The summed E-state index contributed by atoms with van der Waals surface area (Å²) in [6, 6.07) is -0.0806. The predicted octanol–water partition coefficient (Wildman–Crippen LogP) is 1.94. The lowest BCUT2D eigenvalue weighted by atomic mass is 10.0. The Balaban J connectivity index is 2.48. The fourth-order valence-electron chi connectivity index (χ4n) is 1.48. The Morgan fingerprint density at radius 1 is 1.53 bits per heavy atom. The molecule has 0 radical (unpaired) electrons. The molecule has 4 atom stereocenters. The quantitative estimate of drug-likeness (QED) is 0.356. The van der Waals surface area contributed by atoms with Crippen LogP contribution in [0.3, 0.4) is 0 Å². The third-order valence-corrected chi connectivity index (χ3v) is 5.46. The van der Waals surface area contributed by atoms with Crippen LogP contribution in [0.5, 0.6) is 0 Å². The number of halogens is 1. The van der Waals surface area contributed by atoms with Crippen molar-refractivity contribution in [2.75, 3.05) is 0 Å². The molecule has 0 aromatic carbocycles. The molecule has 0 amide bonds. The largest absolute Gasteiger partial charge is 0.598 e. The minimum absolute atomic E-state index is 0.0378. The van der Waals surface area contributed by atoms with Crippen molar-refractivity contribution in [3.8, 4) is 0 Å². The van der Waals surface area contributed by atoms with Crippen LogP contribution in [-0.2, 0) is 20.9 Å². The van der Waals surface area contributed by atoms with Crippen molar-refractivity contribution in [3.63, 3.8) is 0 Å². The molecular formula is C11H20INO3S. The highest BCUT2D eigenvalue weighted by Gasteiger charge is 2.35. The number of hydrogen-bond donors (Lipinski definition) is 1. The Hall–Kier alpha value is 0.470. The minimum atomic E-state index is -1.13. The van der Waals surface area contributed by atoms with Crippen molar-refractivity contribution in [2.45, 2.75) is 61.4 Å². The summed E-state index contributed by atoms with van der Waals surface area (Å²) in [6.07, 6.45) is 1.49. The number of cyclic esters (lactones) is 1. The number of ether oxygens (including phenoxy) is 1. The molecule has 0 aliphatic carbocycles. The number of carbonyl (C=O) groups is 1. The van der Waals surface area contributed by atoms with Gasteiger partial charge in [-0.2, -0.15) is 0 Å². The normalized spacial score (nSPS) is 29.6. The molecule has 17 heavy (non-hydrogen) atoms. The monoisotopic (exact) mass is 373 g/mol. The van der Waals surface area contributed by atoms with Crippen LogP contribution < -0.4 is 4.72 Å². The van der Waals surface area contributed by atoms with Gasteiger partial charge in [-0.15, -0.1) is 4.72 Å². The van der Waals surface area contributed by atoms with Crippen molar-refractivity contribution >= 4 is 39.9 Å². The number of rotatable bonds is 3. The van der Waals surface area contributed by atoms with Gasteiger partial charge in [0, 0.05) is 11.4 Å². The zero-order valence-electron chi connectivity index (χ0n) is 10.7. The topological polar surface area (TPSA) is 61.4 Å². The van der Waals surface area contributed by atoms with Crippen molar-refractivity contribution < 1.29 is 14.1 Å². The average Bonchev–Trinajstić information content (AvgIpc) is 2.20. The van der Waals surface area contributed by atoms with Gasteiger partial charge in [-0.25, -0.2) is 0 Å². The standard InChI is InChI=1S/C11H20INO3S/c1-7(13-17(15)11(2,3)4)9-6-5-8(12)10(14)16-9/h7-9,13H,5-6H2,1-4H3/t7-,8?,9+,17-/m1/s1. The Bertz CT molecular complexity index is 282. The molecule has 0 aromatic rings. The van der Waals surface area contributed by atoms with Crippen LogP contribution in [0, 0.1) is 0 Å². The van der Waals surface area contributed by atoms with E-state index in [4.69, 9.17) is 4.74 Å². The smallest absolute Gasteiger partial charge is 0.319 e. The number of carbonyl (C=O) groups excluding carboxylic acids is 1. The van der Waals surface area contributed by atoms with Crippen molar-refractivity contribution in [1.29, 1.82) is 0 Å². The summed E-state index contributed by atoms with van der Waals surface area (Å²) in [5, 5.41) is 0. The molecule has 100 valence electrons. The summed E-state index contributed by atoms with van der Waals surface area (Å²) in [6.45, 7) is 7.65. The van der Waals surface area contributed by atoms with Gasteiger partial charge in [0.1, 0.15) is 14.8 Å². The fourth-order valence-corrected chi connectivity index (χ4v) is 2.83. The first-order valence-corrected chi connectivity index (χ1v) is 8.14. The van der Waals surface area contributed by atoms with E-state index in [1.54, 1.807) is 0 Å². The van der Waals surface area contributed by atoms with Gasteiger partial charge in [-0.1, -0.05) is 22.6 Å².